The molecule has 0 radical (unpaired) electrons. The molecule has 0 saturated heterocycles. The van der Waals surface area contributed by atoms with E-state index in [0.717, 1.165) is 21.0 Å². The smallest absolute Gasteiger partial charge is 0.244 e. The first-order valence-electron chi connectivity index (χ1n) is 8.29. The third-order valence-corrected chi connectivity index (χ3v) is 5.27. The normalized spacial score (nSPS) is 11.3. The van der Waals surface area contributed by atoms with Crippen LogP contribution in [0.2, 0.25) is 5.02 Å². The van der Waals surface area contributed by atoms with Gasteiger partial charge in [0.15, 0.2) is 11.5 Å². The van der Waals surface area contributed by atoms with Gasteiger partial charge in [0.1, 0.15) is 0 Å². The number of pyridine rings is 1. The summed E-state index contributed by atoms with van der Waals surface area (Å²) < 4.78 is 1.85. The van der Waals surface area contributed by atoms with Gasteiger partial charge in [-0.15, -0.1) is 21.5 Å². The lowest BCUT2D eigenvalue weighted by Crippen LogP contribution is -2.21. The number of halogens is 1. The predicted molar refractivity (Wildman–Crippen MR) is 109 cm³/mol. The molecule has 0 aliphatic rings. The average Bonchev–Trinajstić information content (AvgIpc) is 3.32. The number of nitrogens with zero attached hydrogens (tertiary/aromatic N) is 3. The monoisotopic (exact) mass is 394 g/mol. The van der Waals surface area contributed by atoms with Crippen molar-refractivity contribution in [3.8, 4) is 10.4 Å². The number of hydrogen-bond donors (Lipinski definition) is 1. The Morgan fingerprint density at radius 2 is 2.07 bits per heavy atom. The van der Waals surface area contributed by atoms with Crippen LogP contribution in [-0.4, -0.2) is 20.5 Å². The molecule has 7 heteroatoms. The second kappa shape index (κ2) is 7.73. The lowest BCUT2D eigenvalue weighted by atomic mass is 10.2. The van der Waals surface area contributed by atoms with Crippen molar-refractivity contribution in [1.29, 1.82) is 0 Å². The predicted octanol–water partition coefficient (Wildman–Crippen LogP) is 4.44. The molecule has 1 N–H and O–H groups in total. The van der Waals surface area contributed by atoms with E-state index in [1.165, 1.54) is 6.08 Å². The number of amides is 1. The number of benzene rings is 1. The fraction of sp³-hybridized carbons (Fsp3) is 0.0500. The number of aromatic nitrogens is 3. The number of nitrogens with one attached hydrogen (secondary N) is 1. The first-order chi connectivity index (χ1) is 13.2. The van der Waals surface area contributed by atoms with Crippen molar-refractivity contribution in [3.63, 3.8) is 0 Å². The van der Waals surface area contributed by atoms with Crippen molar-refractivity contribution in [2.24, 2.45) is 0 Å². The third kappa shape index (κ3) is 4.07. The second-order valence-corrected chi connectivity index (χ2v) is 7.36. The van der Waals surface area contributed by atoms with E-state index in [0.29, 0.717) is 17.4 Å². The molecule has 27 heavy (non-hydrogen) atoms. The summed E-state index contributed by atoms with van der Waals surface area (Å²) in [6.07, 6.45) is 5.20. The Bertz CT molecular complexity index is 1130. The van der Waals surface area contributed by atoms with Crippen LogP contribution in [0.4, 0.5) is 0 Å². The van der Waals surface area contributed by atoms with E-state index in [2.05, 4.69) is 15.5 Å². The zero-order chi connectivity index (χ0) is 18.6. The standard InChI is InChI=1S/C20H15ClN4OS/c21-15-5-3-4-14(12-15)17-9-7-16(27-17)8-10-20(26)22-13-19-24-23-18-6-1-2-11-25(18)19/h1-12H,13H2,(H,22,26)/b10-8+. The summed E-state index contributed by atoms with van der Waals surface area (Å²) in [5.74, 6) is 0.507. The second-order valence-electron chi connectivity index (χ2n) is 5.81. The first-order valence-corrected chi connectivity index (χ1v) is 9.49. The van der Waals surface area contributed by atoms with Crippen molar-refractivity contribution in [2.75, 3.05) is 0 Å². The maximum Gasteiger partial charge on any atom is 0.244 e. The molecule has 0 aliphatic heterocycles. The Kier molecular flexibility index (Phi) is 5.00. The maximum absolute atomic E-state index is 12.1. The van der Waals surface area contributed by atoms with E-state index < -0.39 is 0 Å². The summed E-state index contributed by atoms with van der Waals surface area (Å²) in [4.78, 5) is 14.2. The average molecular weight is 395 g/mol. The third-order valence-electron chi connectivity index (χ3n) is 3.94. The molecule has 134 valence electrons. The van der Waals surface area contributed by atoms with Gasteiger partial charge in [-0.2, -0.15) is 0 Å². The SMILES string of the molecule is O=C(/C=C/c1ccc(-c2cccc(Cl)c2)s1)NCc1nnc2ccccn12. The molecule has 0 atom stereocenters. The van der Waals surface area contributed by atoms with Crippen LogP contribution in [0.15, 0.2) is 66.9 Å². The van der Waals surface area contributed by atoms with E-state index in [1.54, 1.807) is 17.4 Å². The van der Waals surface area contributed by atoms with Gasteiger partial charge in [-0.25, -0.2) is 0 Å². The lowest BCUT2D eigenvalue weighted by Gasteiger charge is -2.00. The van der Waals surface area contributed by atoms with Crippen LogP contribution in [0.25, 0.3) is 22.2 Å². The lowest BCUT2D eigenvalue weighted by molar-refractivity contribution is -0.116. The van der Waals surface area contributed by atoms with Crippen LogP contribution in [0.3, 0.4) is 0 Å². The summed E-state index contributed by atoms with van der Waals surface area (Å²) in [6, 6.07) is 17.4. The van der Waals surface area contributed by atoms with Crippen LogP contribution in [0, 0.1) is 0 Å². The Morgan fingerprint density at radius 3 is 2.96 bits per heavy atom. The minimum Gasteiger partial charge on any atom is -0.345 e. The maximum atomic E-state index is 12.1. The van der Waals surface area contributed by atoms with Gasteiger partial charge >= 0.3 is 0 Å². The molecule has 5 nitrogen and oxygen atoms in total. The Labute approximate surface area is 164 Å². The minimum absolute atomic E-state index is 0.180. The van der Waals surface area contributed by atoms with Gasteiger partial charge in [-0.3, -0.25) is 9.20 Å². The molecule has 0 bridgehead atoms. The Morgan fingerprint density at radius 1 is 1.15 bits per heavy atom. The summed E-state index contributed by atoms with van der Waals surface area (Å²) in [6.45, 7) is 0.312. The fourth-order valence-electron chi connectivity index (χ4n) is 2.63. The largest absolute Gasteiger partial charge is 0.345 e. The number of fused-ring (bicyclic) bond motifs is 1. The summed E-state index contributed by atoms with van der Waals surface area (Å²) in [7, 11) is 0. The van der Waals surface area contributed by atoms with Crippen molar-refractivity contribution >= 4 is 40.6 Å². The number of rotatable bonds is 5. The van der Waals surface area contributed by atoms with Gasteiger partial charge < -0.3 is 5.32 Å². The molecular formula is C20H15ClN4OS. The van der Waals surface area contributed by atoms with Crippen molar-refractivity contribution in [1.82, 2.24) is 19.9 Å². The van der Waals surface area contributed by atoms with Gasteiger partial charge in [0.05, 0.1) is 6.54 Å². The highest BCUT2D eigenvalue weighted by Gasteiger charge is 2.06. The van der Waals surface area contributed by atoms with Crippen molar-refractivity contribution in [3.05, 3.63) is 82.6 Å². The fourth-order valence-corrected chi connectivity index (χ4v) is 3.73. The van der Waals surface area contributed by atoms with E-state index >= 15 is 0 Å². The molecule has 0 fully saturated rings. The van der Waals surface area contributed by atoms with Gasteiger partial charge in [0.2, 0.25) is 5.91 Å². The van der Waals surface area contributed by atoms with E-state index in [-0.39, 0.29) is 5.91 Å². The molecule has 4 rings (SSSR count). The molecule has 3 heterocycles. The topological polar surface area (TPSA) is 59.3 Å². The van der Waals surface area contributed by atoms with Gasteiger partial charge in [-0.1, -0.05) is 29.8 Å². The minimum atomic E-state index is -0.180. The van der Waals surface area contributed by atoms with Crippen LogP contribution < -0.4 is 5.32 Å². The van der Waals surface area contributed by atoms with Crippen LogP contribution >= 0.6 is 22.9 Å². The van der Waals surface area contributed by atoms with E-state index in [9.17, 15) is 4.79 Å². The van der Waals surface area contributed by atoms with Crippen molar-refractivity contribution in [2.45, 2.75) is 6.54 Å². The zero-order valence-electron chi connectivity index (χ0n) is 14.2. The summed E-state index contributed by atoms with van der Waals surface area (Å²) >= 11 is 7.65. The first kappa shape index (κ1) is 17.5. The molecule has 4 aromatic rings. The molecule has 0 saturated carbocycles. The summed E-state index contributed by atoms with van der Waals surface area (Å²) in [5, 5.41) is 11.7. The quantitative estimate of drug-likeness (QED) is 0.509. The molecule has 1 amide bonds. The van der Waals surface area contributed by atoms with Crippen LogP contribution in [0.1, 0.15) is 10.7 Å². The Hall–Kier alpha value is -2.96. The van der Waals surface area contributed by atoms with Crippen molar-refractivity contribution < 1.29 is 4.79 Å². The van der Waals surface area contributed by atoms with Gasteiger partial charge in [0.25, 0.3) is 0 Å². The highest BCUT2D eigenvalue weighted by molar-refractivity contribution is 7.16. The van der Waals surface area contributed by atoms with E-state index in [1.807, 2.05) is 65.2 Å². The highest BCUT2D eigenvalue weighted by atomic mass is 35.5. The molecule has 1 aromatic carbocycles. The molecular weight excluding hydrogens is 380 g/mol. The highest BCUT2D eigenvalue weighted by Crippen LogP contribution is 2.30. The number of hydrogen-bond acceptors (Lipinski definition) is 4. The molecule has 0 aliphatic carbocycles. The number of carbonyl (C=O) groups excluding carboxylic acids is 1. The Balaban J connectivity index is 1.39. The van der Waals surface area contributed by atoms with Crippen LogP contribution in [0.5, 0.6) is 0 Å². The van der Waals surface area contributed by atoms with Crippen LogP contribution in [-0.2, 0) is 11.3 Å². The number of thiophene rings is 1. The molecule has 0 spiro atoms. The van der Waals surface area contributed by atoms with E-state index in [4.69, 9.17) is 11.6 Å². The summed E-state index contributed by atoms with van der Waals surface area (Å²) in [5.41, 5.74) is 1.82. The van der Waals surface area contributed by atoms with Gasteiger partial charge in [0, 0.05) is 27.0 Å². The number of carbonyl (C=O) groups is 1. The van der Waals surface area contributed by atoms with Gasteiger partial charge in [-0.05, 0) is 48.0 Å². The zero-order valence-corrected chi connectivity index (χ0v) is 15.7. The molecule has 3 aromatic heterocycles. The molecule has 0 unspecified atom stereocenters.